The molecule has 0 radical (unpaired) electrons. The van der Waals surface area contributed by atoms with Crippen molar-refractivity contribution >= 4 is 26.9 Å². The van der Waals surface area contributed by atoms with E-state index in [-0.39, 0.29) is 23.5 Å². The zero-order valence-electron chi connectivity index (χ0n) is 14.6. The number of rotatable bonds is 7. The summed E-state index contributed by atoms with van der Waals surface area (Å²) in [6, 6.07) is 6.80. The first-order valence-electron chi connectivity index (χ1n) is 8.45. The van der Waals surface area contributed by atoms with E-state index in [4.69, 9.17) is 4.28 Å². The minimum absolute atomic E-state index is 0.0895. The molecule has 1 aromatic heterocycles. The molecule has 1 aromatic carbocycles. The van der Waals surface area contributed by atoms with Gasteiger partial charge in [0.05, 0.1) is 0 Å². The molecule has 1 aliphatic rings. The Morgan fingerprint density at radius 3 is 3.04 bits per heavy atom. The normalized spacial score (nSPS) is 22.9. The highest BCUT2D eigenvalue weighted by Crippen LogP contribution is 2.45. The summed E-state index contributed by atoms with van der Waals surface area (Å²) >= 11 is 0. The topological polar surface area (TPSA) is 91.2 Å². The van der Waals surface area contributed by atoms with Gasteiger partial charge in [0.15, 0.2) is 5.78 Å². The van der Waals surface area contributed by atoms with Gasteiger partial charge < -0.3 is 0 Å². The van der Waals surface area contributed by atoms with E-state index >= 15 is 0 Å². The van der Waals surface area contributed by atoms with Gasteiger partial charge >= 0.3 is 10.1 Å². The molecule has 0 amide bonds. The smallest absolute Gasteiger partial charge is 0.298 e. The molecule has 0 bridgehead atoms. The van der Waals surface area contributed by atoms with Gasteiger partial charge in [-0.1, -0.05) is 36.9 Å². The standard InChI is InChI=1S/C18H21N3O4S/c1-3-10-18(2)11-6-7-14(18)12-15(22)13-26(23,24)25-21-17-9-5-4-8-16(17)19-20-21/h4-5,8-10,14H,1,6-7,11-13H2,2H3. The Bertz CT molecular complexity index is 975. The summed E-state index contributed by atoms with van der Waals surface area (Å²) in [6.45, 7) is 5.67. The van der Waals surface area contributed by atoms with Crippen LogP contribution >= 0.6 is 0 Å². The molecule has 7 nitrogen and oxygen atoms in total. The zero-order chi connectivity index (χ0) is 18.8. The Morgan fingerprint density at radius 1 is 1.50 bits per heavy atom. The van der Waals surface area contributed by atoms with Crippen LogP contribution in [-0.4, -0.2) is 35.1 Å². The fourth-order valence-corrected chi connectivity index (χ4v) is 4.48. The number of Topliss-reactive ketones (excluding diaryl/α,β-unsaturated/α-hetero) is 1. The maximum Gasteiger partial charge on any atom is 0.335 e. The summed E-state index contributed by atoms with van der Waals surface area (Å²) in [4.78, 5) is 13.2. The van der Waals surface area contributed by atoms with E-state index in [1.807, 2.05) is 6.08 Å². The van der Waals surface area contributed by atoms with E-state index in [0.29, 0.717) is 11.0 Å². The van der Waals surface area contributed by atoms with Crippen LogP contribution in [0.2, 0.25) is 0 Å². The van der Waals surface area contributed by atoms with Crippen molar-refractivity contribution in [2.45, 2.75) is 32.6 Å². The SMILES string of the molecule is C=C=CC1(C)CCCC1CC(=O)CS(=O)(=O)On1nnc2ccccc21. The van der Waals surface area contributed by atoms with E-state index in [9.17, 15) is 13.2 Å². The number of carbonyl (C=O) groups is 1. The molecule has 138 valence electrons. The molecule has 3 rings (SSSR count). The van der Waals surface area contributed by atoms with Gasteiger partial charge in [-0.15, -0.1) is 10.8 Å². The van der Waals surface area contributed by atoms with E-state index in [1.54, 1.807) is 24.3 Å². The monoisotopic (exact) mass is 375 g/mol. The lowest BCUT2D eigenvalue weighted by Crippen LogP contribution is -2.30. The number of aromatic nitrogens is 3. The number of para-hydroxylation sites is 1. The highest BCUT2D eigenvalue weighted by molar-refractivity contribution is 7.87. The average Bonchev–Trinajstić information content (AvgIpc) is 3.12. The lowest BCUT2D eigenvalue weighted by molar-refractivity contribution is -0.118. The van der Waals surface area contributed by atoms with Crippen LogP contribution in [0.3, 0.4) is 0 Å². The second kappa shape index (κ2) is 7.05. The van der Waals surface area contributed by atoms with E-state index in [2.05, 4.69) is 29.5 Å². The second-order valence-corrected chi connectivity index (χ2v) is 8.47. The van der Waals surface area contributed by atoms with E-state index < -0.39 is 15.9 Å². The summed E-state index contributed by atoms with van der Waals surface area (Å²) in [5.41, 5.74) is 3.56. The number of carbonyl (C=O) groups excluding carboxylic acids is 1. The zero-order valence-corrected chi connectivity index (χ0v) is 15.4. The van der Waals surface area contributed by atoms with Crippen molar-refractivity contribution in [3.8, 4) is 0 Å². The molecule has 0 N–H and O–H groups in total. The Balaban J connectivity index is 1.67. The van der Waals surface area contributed by atoms with Crippen molar-refractivity contribution in [2.24, 2.45) is 11.3 Å². The maximum absolute atomic E-state index is 12.3. The molecule has 0 aliphatic heterocycles. The molecule has 1 fully saturated rings. The maximum atomic E-state index is 12.3. The van der Waals surface area contributed by atoms with Crippen LogP contribution in [-0.2, 0) is 14.9 Å². The predicted octanol–water partition coefficient (Wildman–Crippen LogP) is 2.30. The van der Waals surface area contributed by atoms with Gasteiger partial charge in [0.1, 0.15) is 16.8 Å². The van der Waals surface area contributed by atoms with Gasteiger partial charge in [-0.25, -0.2) is 0 Å². The molecule has 2 aromatic rings. The quantitative estimate of drug-likeness (QED) is 0.690. The van der Waals surface area contributed by atoms with Crippen molar-refractivity contribution in [3.63, 3.8) is 0 Å². The minimum atomic E-state index is -4.11. The molecule has 1 heterocycles. The summed E-state index contributed by atoms with van der Waals surface area (Å²) in [6.07, 6.45) is 4.91. The van der Waals surface area contributed by atoms with Crippen molar-refractivity contribution in [1.82, 2.24) is 15.2 Å². The first-order chi connectivity index (χ1) is 12.3. The third kappa shape index (κ3) is 3.86. The number of ketones is 1. The van der Waals surface area contributed by atoms with Crippen LogP contribution in [0.25, 0.3) is 11.0 Å². The third-order valence-electron chi connectivity index (χ3n) is 4.95. The van der Waals surface area contributed by atoms with Crippen LogP contribution in [0.4, 0.5) is 0 Å². The molecule has 8 heteroatoms. The number of fused-ring (bicyclic) bond motifs is 1. The fourth-order valence-electron chi connectivity index (χ4n) is 3.59. The minimum Gasteiger partial charge on any atom is -0.298 e. The van der Waals surface area contributed by atoms with Gasteiger partial charge in [0.2, 0.25) is 0 Å². The van der Waals surface area contributed by atoms with Crippen LogP contribution in [0.5, 0.6) is 0 Å². The van der Waals surface area contributed by atoms with Crippen molar-refractivity contribution in [3.05, 3.63) is 42.7 Å². The molecular formula is C18H21N3O4S. The van der Waals surface area contributed by atoms with Gasteiger partial charge in [-0.2, -0.15) is 8.42 Å². The summed E-state index contributed by atoms with van der Waals surface area (Å²) in [5, 5.41) is 7.50. The van der Waals surface area contributed by atoms with Crippen LogP contribution in [0, 0.1) is 11.3 Å². The number of nitrogens with zero attached hydrogens (tertiary/aromatic N) is 3. The van der Waals surface area contributed by atoms with Gasteiger partial charge in [0, 0.05) is 6.42 Å². The summed E-state index contributed by atoms with van der Waals surface area (Å²) in [5.74, 6) is -0.970. The molecule has 0 saturated heterocycles. The van der Waals surface area contributed by atoms with Crippen molar-refractivity contribution < 1.29 is 17.5 Å². The highest BCUT2D eigenvalue weighted by atomic mass is 32.2. The van der Waals surface area contributed by atoms with Crippen LogP contribution < -0.4 is 4.28 Å². The van der Waals surface area contributed by atoms with Gasteiger partial charge in [-0.3, -0.25) is 9.08 Å². The van der Waals surface area contributed by atoms with Crippen molar-refractivity contribution in [2.75, 3.05) is 5.75 Å². The van der Waals surface area contributed by atoms with E-state index in [1.165, 1.54) is 0 Å². The first-order valence-corrected chi connectivity index (χ1v) is 10.0. The first kappa shape index (κ1) is 18.4. The fraction of sp³-hybridized carbons (Fsp3) is 0.444. The molecular weight excluding hydrogens is 354 g/mol. The highest BCUT2D eigenvalue weighted by Gasteiger charge is 2.38. The van der Waals surface area contributed by atoms with Crippen molar-refractivity contribution in [1.29, 1.82) is 0 Å². The average molecular weight is 375 g/mol. The number of allylic oxidation sites excluding steroid dienone is 1. The summed E-state index contributed by atoms with van der Waals surface area (Å²) in [7, 11) is -4.11. The Hall–Kier alpha value is -2.44. The molecule has 1 saturated carbocycles. The Morgan fingerprint density at radius 2 is 2.27 bits per heavy atom. The lowest BCUT2D eigenvalue weighted by atomic mass is 9.77. The Kier molecular flexibility index (Phi) is 4.98. The van der Waals surface area contributed by atoms with Crippen LogP contribution in [0.15, 0.2) is 42.7 Å². The number of hydrogen-bond donors (Lipinski definition) is 0. The molecule has 1 aliphatic carbocycles. The molecule has 2 unspecified atom stereocenters. The lowest BCUT2D eigenvalue weighted by Gasteiger charge is -2.26. The van der Waals surface area contributed by atoms with Crippen LogP contribution in [0.1, 0.15) is 32.6 Å². The molecule has 26 heavy (non-hydrogen) atoms. The number of hydrogen-bond acceptors (Lipinski definition) is 6. The third-order valence-corrected chi connectivity index (χ3v) is 5.99. The van der Waals surface area contributed by atoms with Gasteiger partial charge in [-0.05, 0) is 47.6 Å². The predicted molar refractivity (Wildman–Crippen MR) is 96.7 cm³/mol. The van der Waals surface area contributed by atoms with E-state index in [0.717, 1.165) is 24.1 Å². The number of benzene rings is 1. The molecule has 2 atom stereocenters. The van der Waals surface area contributed by atoms with Gasteiger partial charge in [0.25, 0.3) is 0 Å². The molecule has 0 spiro atoms. The largest absolute Gasteiger partial charge is 0.335 e. The Labute approximate surface area is 152 Å². The summed E-state index contributed by atoms with van der Waals surface area (Å²) < 4.78 is 29.5. The second-order valence-electron chi connectivity index (χ2n) is 6.91.